The van der Waals surface area contributed by atoms with Gasteiger partial charge >= 0.3 is 0 Å². The summed E-state index contributed by atoms with van der Waals surface area (Å²) in [6, 6.07) is 20.0. The Kier molecular flexibility index (Phi) is 4.84. The third-order valence-corrected chi connectivity index (χ3v) is 7.52. The number of hydrogen-bond acceptors (Lipinski definition) is 2. The van der Waals surface area contributed by atoms with E-state index in [1.807, 2.05) is 0 Å². The Morgan fingerprint density at radius 3 is 2.38 bits per heavy atom. The van der Waals surface area contributed by atoms with E-state index in [9.17, 15) is 0 Å². The van der Waals surface area contributed by atoms with Crippen LogP contribution in [0.15, 0.2) is 54.6 Å². The van der Waals surface area contributed by atoms with Gasteiger partial charge in [-0.15, -0.1) is 0 Å². The third kappa shape index (κ3) is 3.21. The summed E-state index contributed by atoms with van der Waals surface area (Å²) in [4.78, 5) is 0. The van der Waals surface area contributed by atoms with Gasteiger partial charge in [0, 0.05) is 10.5 Å². The van der Waals surface area contributed by atoms with Crippen LogP contribution >= 0.6 is 11.8 Å². The van der Waals surface area contributed by atoms with Crippen molar-refractivity contribution in [2.75, 3.05) is 7.11 Å². The molecule has 0 spiro atoms. The summed E-state index contributed by atoms with van der Waals surface area (Å²) in [6.45, 7) is 0. The highest BCUT2D eigenvalue weighted by Crippen LogP contribution is 2.55. The van der Waals surface area contributed by atoms with Crippen LogP contribution in [0.4, 0.5) is 0 Å². The van der Waals surface area contributed by atoms with Crippen LogP contribution in [0.25, 0.3) is 0 Å². The van der Waals surface area contributed by atoms with Crippen molar-refractivity contribution in [3.63, 3.8) is 0 Å². The van der Waals surface area contributed by atoms with Crippen molar-refractivity contribution in [3.8, 4) is 5.75 Å². The van der Waals surface area contributed by atoms with Gasteiger partial charge in [-0.3, -0.25) is 0 Å². The Hall–Kier alpha value is -1.41. The lowest BCUT2D eigenvalue weighted by Gasteiger charge is -2.44. The fourth-order valence-electron chi connectivity index (χ4n) is 4.54. The second kappa shape index (κ2) is 7.23. The molecule has 2 aromatic rings. The van der Waals surface area contributed by atoms with E-state index < -0.39 is 0 Å². The molecule has 1 heterocycles. The summed E-state index contributed by atoms with van der Waals surface area (Å²) in [6.07, 6.45) is 6.87. The topological polar surface area (TPSA) is 9.23 Å². The maximum absolute atomic E-state index is 5.35. The first-order valence-corrected chi connectivity index (χ1v) is 10.1. The molecular weight excluding hydrogens is 312 g/mol. The molecule has 0 bridgehead atoms. The van der Waals surface area contributed by atoms with Gasteiger partial charge in [0.2, 0.25) is 0 Å². The van der Waals surface area contributed by atoms with E-state index >= 15 is 0 Å². The lowest BCUT2D eigenvalue weighted by molar-refractivity contribution is 0.290. The van der Waals surface area contributed by atoms with Crippen LogP contribution in [0.2, 0.25) is 0 Å². The molecule has 2 fully saturated rings. The highest BCUT2D eigenvalue weighted by Gasteiger charge is 2.40. The van der Waals surface area contributed by atoms with Gasteiger partial charge in [-0.05, 0) is 54.4 Å². The molecule has 0 aromatic heterocycles. The van der Waals surface area contributed by atoms with E-state index in [0.717, 1.165) is 16.9 Å². The third-order valence-electron chi connectivity index (χ3n) is 5.79. The predicted molar refractivity (Wildman–Crippen MR) is 103 cm³/mol. The zero-order valence-electron chi connectivity index (χ0n) is 14.4. The number of ether oxygens (including phenoxy) is 1. The van der Waals surface area contributed by atoms with Gasteiger partial charge in [-0.25, -0.2) is 0 Å². The highest BCUT2D eigenvalue weighted by molar-refractivity contribution is 8.00. The van der Waals surface area contributed by atoms with Crippen LogP contribution in [0.5, 0.6) is 5.75 Å². The van der Waals surface area contributed by atoms with Crippen LogP contribution < -0.4 is 4.74 Å². The largest absolute Gasteiger partial charge is 0.497 e. The second-order valence-corrected chi connectivity index (χ2v) is 8.58. The van der Waals surface area contributed by atoms with Crippen molar-refractivity contribution in [1.29, 1.82) is 0 Å². The van der Waals surface area contributed by atoms with Crippen molar-refractivity contribution in [3.05, 3.63) is 65.7 Å². The monoisotopic (exact) mass is 338 g/mol. The van der Waals surface area contributed by atoms with Gasteiger partial charge in [0.15, 0.2) is 0 Å². The first-order valence-electron chi connectivity index (χ1n) is 9.19. The Balaban J connectivity index is 1.63. The summed E-state index contributed by atoms with van der Waals surface area (Å²) in [5.74, 6) is 2.49. The van der Waals surface area contributed by atoms with Crippen LogP contribution in [0.3, 0.4) is 0 Å². The van der Waals surface area contributed by atoms with Crippen molar-refractivity contribution in [2.24, 2.45) is 5.92 Å². The molecule has 126 valence electrons. The fraction of sp³-hybridized carbons (Fsp3) is 0.455. The van der Waals surface area contributed by atoms with Gasteiger partial charge in [-0.1, -0.05) is 55.3 Å². The summed E-state index contributed by atoms with van der Waals surface area (Å²) in [5, 5.41) is 1.46. The zero-order valence-corrected chi connectivity index (χ0v) is 15.2. The molecular formula is C22H26OS. The van der Waals surface area contributed by atoms with Crippen molar-refractivity contribution in [2.45, 2.75) is 48.5 Å². The molecule has 4 unspecified atom stereocenters. The molecule has 2 heteroatoms. The second-order valence-electron chi connectivity index (χ2n) is 7.14. The number of hydrogen-bond donors (Lipinski definition) is 0. The summed E-state index contributed by atoms with van der Waals surface area (Å²) >= 11 is 2.25. The van der Waals surface area contributed by atoms with Crippen LogP contribution in [0, 0.1) is 5.92 Å². The zero-order chi connectivity index (χ0) is 16.4. The van der Waals surface area contributed by atoms with E-state index in [4.69, 9.17) is 4.74 Å². The normalized spacial score (nSPS) is 29.7. The molecule has 4 atom stereocenters. The van der Waals surface area contributed by atoms with E-state index in [2.05, 4.69) is 66.4 Å². The minimum absolute atomic E-state index is 0.637. The maximum atomic E-state index is 5.35. The molecule has 0 amide bonds. The molecule has 4 rings (SSSR count). The fourth-order valence-corrected chi connectivity index (χ4v) is 6.43. The average Bonchev–Trinajstić information content (AvgIpc) is 2.68. The molecule has 2 aliphatic rings. The average molecular weight is 339 g/mol. The van der Waals surface area contributed by atoms with E-state index in [1.54, 1.807) is 7.11 Å². The summed E-state index contributed by atoms with van der Waals surface area (Å²) in [7, 11) is 1.74. The van der Waals surface area contributed by atoms with Gasteiger partial charge in [0.05, 0.1) is 7.11 Å². The molecule has 1 aliphatic carbocycles. The van der Waals surface area contributed by atoms with Crippen LogP contribution in [-0.2, 0) is 0 Å². The molecule has 0 radical (unpaired) electrons. The van der Waals surface area contributed by atoms with Crippen molar-refractivity contribution < 1.29 is 4.74 Å². The number of methoxy groups -OCH3 is 1. The van der Waals surface area contributed by atoms with Gasteiger partial charge in [-0.2, -0.15) is 11.8 Å². The molecule has 1 saturated carbocycles. The molecule has 24 heavy (non-hydrogen) atoms. The number of rotatable bonds is 3. The lowest BCUT2D eigenvalue weighted by Crippen LogP contribution is -2.33. The molecule has 1 aliphatic heterocycles. The smallest absolute Gasteiger partial charge is 0.118 e. The Labute approximate surface area is 149 Å². The minimum Gasteiger partial charge on any atom is -0.497 e. The SMILES string of the molecule is COc1ccc(C2CC(c3ccccc3)SC3CCCCC32)cc1. The van der Waals surface area contributed by atoms with Crippen LogP contribution in [0.1, 0.15) is 54.4 Å². The van der Waals surface area contributed by atoms with E-state index in [0.29, 0.717) is 11.2 Å². The first-order chi connectivity index (χ1) is 11.8. The Morgan fingerprint density at radius 1 is 0.875 bits per heavy atom. The predicted octanol–water partition coefficient (Wildman–Crippen LogP) is 6.22. The number of thioether (sulfide) groups is 1. The lowest BCUT2D eigenvalue weighted by atomic mass is 9.73. The molecule has 0 N–H and O–H groups in total. The molecule has 1 nitrogen and oxygen atoms in total. The number of benzene rings is 2. The Morgan fingerprint density at radius 2 is 1.62 bits per heavy atom. The van der Waals surface area contributed by atoms with E-state index in [1.165, 1.54) is 43.2 Å². The molecule has 1 saturated heterocycles. The van der Waals surface area contributed by atoms with E-state index in [-0.39, 0.29) is 0 Å². The van der Waals surface area contributed by atoms with Gasteiger partial charge < -0.3 is 4.74 Å². The highest BCUT2D eigenvalue weighted by atomic mass is 32.2. The summed E-state index contributed by atoms with van der Waals surface area (Å²) in [5.41, 5.74) is 3.01. The number of fused-ring (bicyclic) bond motifs is 1. The Bertz CT molecular complexity index is 651. The van der Waals surface area contributed by atoms with Gasteiger partial charge in [0.1, 0.15) is 5.75 Å². The molecule has 2 aromatic carbocycles. The minimum atomic E-state index is 0.637. The van der Waals surface area contributed by atoms with Crippen LogP contribution in [-0.4, -0.2) is 12.4 Å². The quantitative estimate of drug-likeness (QED) is 0.657. The van der Waals surface area contributed by atoms with Crippen molar-refractivity contribution in [1.82, 2.24) is 0 Å². The maximum Gasteiger partial charge on any atom is 0.118 e. The summed E-state index contributed by atoms with van der Waals surface area (Å²) < 4.78 is 5.35. The standard InChI is InChI=1S/C22H26OS/c1-23-18-13-11-16(12-14-18)20-15-22(17-7-3-2-4-8-17)24-21-10-6-5-9-19(20)21/h2-4,7-8,11-14,19-22H,5-6,9-10,15H2,1H3. The van der Waals surface area contributed by atoms with Crippen molar-refractivity contribution >= 4 is 11.8 Å². The first kappa shape index (κ1) is 16.1. The van der Waals surface area contributed by atoms with Gasteiger partial charge in [0.25, 0.3) is 0 Å².